The maximum Gasteiger partial charge on any atom is 0.320 e. The molecule has 1 heterocycles. The van der Waals surface area contributed by atoms with Crippen molar-refractivity contribution in [1.82, 2.24) is 0 Å². The van der Waals surface area contributed by atoms with Gasteiger partial charge in [0.2, 0.25) is 0 Å². The van der Waals surface area contributed by atoms with Crippen LogP contribution < -0.4 is 21.8 Å². The molecule has 3 atom stereocenters. The predicted molar refractivity (Wildman–Crippen MR) is 118 cm³/mol. The van der Waals surface area contributed by atoms with Gasteiger partial charge in [-0.2, -0.15) is 0 Å². The van der Waals surface area contributed by atoms with Crippen LogP contribution in [0.2, 0.25) is 0 Å². The first-order valence-electron chi connectivity index (χ1n) is 11.1. The molecule has 32 heavy (non-hydrogen) atoms. The van der Waals surface area contributed by atoms with Crippen LogP contribution in [0.25, 0.3) is 0 Å². The number of aromatic nitrogens is 1. The zero-order valence-electron chi connectivity index (χ0n) is 18.7. The van der Waals surface area contributed by atoms with E-state index in [1.54, 1.807) is 0 Å². The average molecular weight is 454 g/mol. The van der Waals surface area contributed by atoms with Crippen molar-refractivity contribution in [3.63, 3.8) is 0 Å². The monoisotopic (exact) mass is 453 g/mol. The number of pyridine rings is 1. The van der Waals surface area contributed by atoms with E-state index in [4.69, 9.17) is 32.5 Å². The zero-order chi connectivity index (χ0) is 24.3. The molecule has 10 heteroatoms. The van der Waals surface area contributed by atoms with Gasteiger partial charge in [0.15, 0.2) is 11.9 Å². The lowest BCUT2D eigenvalue weighted by molar-refractivity contribution is -0.705. The second-order valence-electron chi connectivity index (χ2n) is 8.17. The summed E-state index contributed by atoms with van der Waals surface area (Å²) < 4.78 is 2.11. The normalized spacial score (nSPS) is 14.0. The Hall–Kier alpha value is -2.56. The van der Waals surface area contributed by atoms with Crippen LogP contribution in [0.1, 0.15) is 62.3 Å². The summed E-state index contributed by atoms with van der Waals surface area (Å²) in [7, 11) is 0. The third-order valence-electron chi connectivity index (χ3n) is 5.50. The van der Waals surface area contributed by atoms with Crippen LogP contribution in [-0.2, 0) is 40.2 Å². The van der Waals surface area contributed by atoms with E-state index in [1.165, 1.54) is 0 Å². The molecule has 3 unspecified atom stereocenters. The third-order valence-corrected chi connectivity index (χ3v) is 5.50. The molecular formula is C22H37N4O6+. The van der Waals surface area contributed by atoms with Crippen LogP contribution in [0.4, 0.5) is 0 Å². The van der Waals surface area contributed by atoms with Crippen molar-refractivity contribution in [3.8, 4) is 0 Å². The number of carbonyl (C=O) groups is 3. The van der Waals surface area contributed by atoms with E-state index in [2.05, 4.69) is 11.5 Å². The van der Waals surface area contributed by atoms with E-state index >= 15 is 0 Å². The first kappa shape index (κ1) is 27.5. The zero-order valence-corrected chi connectivity index (χ0v) is 18.7. The summed E-state index contributed by atoms with van der Waals surface area (Å²) in [6, 6.07) is -0.922. The number of nitrogens with two attached hydrogens (primary N) is 3. The van der Waals surface area contributed by atoms with Crippen LogP contribution in [0.15, 0.2) is 12.3 Å². The Morgan fingerprint density at radius 1 is 0.844 bits per heavy atom. The number of hydrogen-bond acceptors (Lipinski definition) is 6. The molecule has 180 valence electrons. The summed E-state index contributed by atoms with van der Waals surface area (Å²) in [6.07, 6.45) is 6.83. The summed E-state index contributed by atoms with van der Waals surface area (Å²) in [5, 5.41) is 27.2. The third kappa shape index (κ3) is 9.29. The molecular weight excluding hydrogens is 416 g/mol. The van der Waals surface area contributed by atoms with Crippen LogP contribution >= 0.6 is 0 Å². The summed E-state index contributed by atoms with van der Waals surface area (Å²) in [5.41, 5.74) is 19.8. The molecule has 1 aromatic heterocycles. The van der Waals surface area contributed by atoms with E-state index in [0.29, 0.717) is 32.1 Å². The fraction of sp³-hybridized carbons (Fsp3) is 0.636. The molecule has 0 amide bonds. The van der Waals surface area contributed by atoms with Crippen molar-refractivity contribution in [2.75, 3.05) is 0 Å². The quantitative estimate of drug-likeness (QED) is 0.189. The Morgan fingerprint density at radius 2 is 1.38 bits per heavy atom. The molecule has 1 aromatic rings. The van der Waals surface area contributed by atoms with Gasteiger partial charge in [0, 0.05) is 24.0 Å². The van der Waals surface area contributed by atoms with Crippen LogP contribution in [0, 0.1) is 0 Å². The highest BCUT2D eigenvalue weighted by Gasteiger charge is 2.22. The number of carboxylic acids is 3. The fourth-order valence-corrected chi connectivity index (χ4v) is 3.49. The van der Waals surface area contributed by atoms with Crippen molar-refractivity contribution in [2.24, 2.45) is 17.2 Å². The molecule has 0 aliphatic rings. The molecule has 0 saturated heterocycles. The van der Waals surface area contributed by atoms with Gasteiger partial charge in [0.05, 0.1) is 0 Å². The number of nitrogens with zero attached hydrogens (tertiary/aromatic N) is 1. The molecule has 0 aliphatic carbocycles. The maximum absolute atomic E-state index is 11.2. The van der Waals surface area contributed by atoms with Crippen LogP contribution in [0.5, 0.6) is 0 Å². The second-order valence-corrected chi connectivity index (χ2v) is 8.17. The Morgan fingerprint density at radius 3 is 1.91 bits per heavy atom. The Kier molecular flexibility index (Phi) is 11.8. The van der Waals surface area contributed by atoms with E-state index < -0.39 is 36.0 Å². The highest BCUT2D eigenvalue weighted by Crippen LogP contribution is 2.16. The summed E-state index contributed by atoms with van der Waals surface area (Å²) in [4.78, 5) is 33.3. The maximum atomic E-state index is 11.2. The van der Waals surface area contributed by atoms with Gasteiger partial charge < -0.3 is 32.5 Å². The van der Waals surface area contributed by atoms with Crippen molar-refractivity contribution < 1.29 is 34.3 Å². The van der Waals surface area contributed by atoms with Crippen LogP contribution in [-0.4, -0.2) is 51.4 Å². The van der Waals surface area contributed by atoms with Gasteiger partial charge in [-0.05, 0) is 44.6 Å². The minimum atomic E-state index is -1.07. The minimum Gasteiger partial charge on any atom is -0.480 e. The largest absolute Gasteiger partial charge is 0.480 e. The second kappa shape index (κ2) is 13.8. The number of aryl methyl sites for hydroxylation is 3. The molecule has 9 N–H and O–H groups in total. The van der Waals surface area contributed by atoms with Crippen molar-refractivity contribution in [1.29, 1.82) is 0 Å². The summed E-state index contributed by atoms with van der Waals surface area (Å²) in [5.74, 6) is -3.16. The van der Waals surface area contributed by atoms with Crippen molar-refractivity contribution in [3.05, 3.63) is 29.1 Å². The highest BCUT2D eigenvalue weighted by atomic mass is 16.4. The lowest BCUT2D eigenvalue weighted by Crippen LogP contribution is -2.41. The van der Waals surface area contributed by atoms with Gasteiger partial charge in [-0.25, -0.2) is 4.57 Å². The molecule has 0 spiro atoms. The topological polar surface area (TPSA) is 194 Å². The predicted octanol–water partition coefficient (Wildman–Crippen LogP) is 0.198. The molecule has 0 aliphatic heterocycles. The highest BCUT2D eigenvalue weighted by molar-refractivity contribution is 5.73. The standard InChI is InChI=1S/C22H36N4O6/c1-2-3-11-26-13-14(7-9-17(24)21(29)30)12-15(8-10-18(25)22(31)32)19(26)6-4-5-16(23)20(27)28/h12-13,16-18H,2-11,23-25H2,1H3,(H2-,27,28,29,30,31,32)/p+1. The van der Waals surface area contributed by atoms with Gasteiger partial charge in [-0.1, -0.05) is 13.3 Å². The van der Waals surface area contributed by atoms with E-state index in [-0.39, 0.29) is 12.8 Å². The number of unbranched alkanes of at least 4 members (excludes halogenated alkanes) is 1. The van der Waals surface area contributed by atoms with E-state index in [9.17, 15) is 14.4 Å². The molecule has 0 saturated carbocycles. The number of rotatable bonds is 16. The van der Waals surface area contributed by atoms with Gasteiger partial charge in [-0.3, -0.25) is 14.4 Å². The number of aliphatic carboxylic acids is 3. The first-order chi connectivity index (χ1) is 15.1. The molecule has 1 rings (SSSR count). The van der Waals surface area contributed by atoms with E-state index in [1.807, 2.05) is 12.3 Å². The Balaban J connectivity index is 3.20. The van der Waals surface area contributed by atoms with Crippen molar-refractivity contribution >= 4 is 17.9 Å². The van der Waals surface area contributed by atoms with Gasteiger partial charge >= 0.3 is 17.9 Å². The average Bonchev–Trinajstić information content (AvgIpc) is 2.74. The number of hydrogen-bond donors (Lipinski definition) is 6. The molecule has 10 nitrogen and oxygen atoms in total. The smallest absolute Gasteiger partial charge is 0.320 e. The fourth-order valence-electron chi connectivity index (χ4n) is 3.49. The number of carboxylic acid groups (broad SMARTS) is 3. The Labute approximate surface area is 188 Å². The molecule has 0 radical (unpaired) electrons. The lowest BCUT2D eigenvalue weighted by Gasteiger charge is -2.15. The van der Waals surface area contributed by atoms with Gasteiger partial charge in [0.25, 0.3) is 0 Å². The summed E-state index contributed by atoms with van der Waals surface area (Å²) in [6.45, 7) is 2.82. The van der Waals surface area contributed by atoms with Crippen molar-refractivity contribution in [2.45, 2.75) is 89.4 Å². The SMILES string of the molecule is CCCC[n+]1cc(CCC(N)C(=O)O)cc(CCC(N)C(=O)O)c1CCCC(N)C(=O)O. The summed E-state index contributed by atoms with van der Waals surface area (Å²) >= 11 is 0. The lowest BCUT2D eigenvalue weighted by atomic mass is 9.96. The molecule has 0 bridgehead atoms. The van der Waals surface area contributed by atoms with Gasteiger partial charge in [0.1, 0.15) is 24.7 Å². The van der Waals surface area contributed by atoms with E-state index in [0.717, 1.165) is 36.2 Å². The first-order valence-corrected chi connectivity index (χ1v) is 11.1. The van der Waals surface area contributed by atoms with Crippen LogP contribution in [0.3, 0.4) is 0 Å². The van der Waals surface area contributed by atoms with Gasteiger partial charge in [-0.15, -0.1) is 0 Å². The Bertz CT molecular complexity index is 786. The molecule has 0 aromatic carbocycles. The molecule has 0 fully saturated rings. The minimum absolute atomic E-state index is 0.253.